The first-order valence-corrected chi connectivity index (χ1v) is 18.6. The minimum absolute atomic E-state index is 0.467. The molecule has 7 rings (SSSR count). The fraction of sp³-hybridized carbons (Fsp3) is 0.304. The Labute approximate surface area is 302 Å². The van der Waals surface area contributed by atoms with Crippen molar-refractivity contribution in [3.63, 3.8) is 0 Å². The smallest absolute Gasteiger partial charge is 0.137 e. The van der Waals surface area contributed by atoms with Gasteiger partial charge in [0.15, 0.2) is 0 Å². The van der Waals surface area contributed by atoms with Crippen LogP contribution in [0.15, 0.2) is 97.5 Å². The van der Waals surface area contributed by atoms with Gasteiger partial charge >= 0.3 is 0 Å². The lowest BCUT2D eigenvalue weighted by Gasteiger charge is -2.28. The van der Waals surface area contributed by atoms with Gasteiger partial charge in [-0.2, -0.15) is 5.10 Å². The van der Waals surface area contributed by atoms with Crippen LogP contribution in [0.1, 0.15) is 98.6 Å². The van der Waals surface area contributed by atoms with Crippen LogP contribution in [0.5, 0.6) is 11.5 Å². The minimum Gasteiger partial charge on any atom is -0.457 e. The van der Waals surface area contributed by atoms with Crippen LogP contribution in [0.4, 0.5) is 0 Å². The van der Waals surface area contributed by atoms with Gasteiger partial charge in [0.05, 0.1) is 22.9 Å². The normalized spacial score (nSPS) is 12.9. The van der Waals surface area contributed by atoms with Gasteiger partial charge in [0, 0.05) is 40.9 Å². The summed E-state index contributed by atoms with van der Waals surface area (Å²) >= 11 is 0. The first-order valence-electron chi connectivity index (χ1n) is 18.6. The Bertz CT molecular complexity index is 2320. The molecule has 0 radical (unpaired) electrons. The molecule has 0 spiro atoms. The van der Waals surface area contributed by atoms with E-state index in [2.05, 4.69) is 133 Å². The molecule has 4 aromatic carbocycles. The monoisotopic (exact) mass is 674 g/mol. The highest BCUT2D eigenvalue weighted by molar-refractivity contribution is 6.09. The van der Waals surface area contributed by atoms with Crippen molar-refractivity contribution in [1.82, 2.24) is 19.3 Å². The molecular weight excluding hydrogens is 625 g/mol. The van der Waals surface area contributed by atoms with Crippen LogP contribution in [0, 0.1) is 27.7 Å². The molecule has 0 aliphatic rings. The second-order valence-electron chi connectivity index (χ2n) is 14.5. The molecular formula is C46H50N4O. The molecule has 5 nitrogen and oxygen atoms in total. The molecule has 2 atom stereocenters. The zero-order valence-corrected chi connectivity index (χ0v) is 31.4. The minimum atomic E-state index is 0.467. The number of para-hydroxylation sites is 1. The number of rotatable bonds is 11. The number of ether oxygens (including phenoxy) is 1. The molecule has 0 bridgehead atoms. The van der Waals surface area contributed by atoms with Crippen LogP contribution >= 0.6 is 0 Å². The Morgan fingerprint density at radius 3 is 2.08 bits per heavy atom. The molecule has 0 amide bonds. The highest BCUT2D eigenvalue weighted by Crippen LogP contribution is 2.44. The van der Waals surface area contributed by atoms with E-state index in [1.165, 1.54) is 68.1 Å². The van der Waals surface area contributed by atoms with Crippen LogP contribution in [-0.4, -0.2) is 19.3 Å². The van der Waals surface area contributed by atoms with E-state index in [0.29, 0.717) is 11.8 Å². The maximum atomic E-state index is 6.58. The van der Waals surface area contributed by atoms with Gasteiger partial charge in [-0.25, -0.2) is 9.67 Å². The van der Waals surface area contributed by atoms with Gasteiger partial charge < -0.3 is 4.74 Å². The van der Waals surface area contributed by atoms with Gasteiger partial charge in [-0.15, -0.1) is 0 Å². The fourth-order valence-electron chi connectivity index (χ4n) is 8.22. The maximum Gasteiger partial charge on any atom is 0.137 e. The summed E-state index contributed by atoms with van der Waals surface area (Å²) in [6.45, 7) is 18.4. The van der Waals surface area contributed by atoms with E-state index in [1.807, 2.05) is 29.1 Å². The molecule has 1 unspecified atom stereocenters. The van der Waals surface area contributed by atoms with Gasteiger partial charge in [-0.3, -0.25) is 4.57 Å². The molecule has 51 heavy (non-hydrogen) atoms. The average molecular weight is 675 g/mol. The van der Waals surface area contributed by atoms with E-state index in [-0.39, 0.29) is 0 Å². The zero-order valence-electron chi connectivity index (χ0n) is 31.4. The van der Waals surface area contributed by atoms with Gasteiger partial charge in [-0.1, -0.05) is 64.8 Å². The lowest BCUT2D eigenvalue weighted by atomic mass is 9.76. The van der Waals surface area contributed by atoms with Crippen molar-refractivity contribution in [2.75, 3.05) is 0 Å². The molecule has 0 N–H and O–H groups in total. The zero-order chi connectivity index (χ0) is 35.8. The third kappa shape index (κ3) is 6.35. The van der Waals surface area contributed by atoms with E-state index in [0.717, 1.165) is 46.9 Å². The standard InChI is InChI=1S/C46H50N4O/c1-9-14-30(4)44-33(7)32(6)34(8)45(31(5)15-10-2)46(44)35-27-48-49(28-35)36-16-13-17-37(25-36)51-38-20-21-40-39-18-11-12-19-41(39)50(42(40)26-38)43-24-29(3)22-23-47-43/h11-13,16-28,30-31H,9-10,14-15H2,1-8H3/t30-,31?/m1/s1. The summed E-state index contributed by atoms with van der Waals surface area (Å²) in [5.41, 5.74) is 14.2. The molecule has 5 heteroatoms. The maximum absolute atomic E-state index is 6.58. The second kappa shape index (κ2) is 14.2. The molecule has 0 saturated carbocycles. The number of hydrogen-bond acceptors (Lipinski definition) is 3. The summed E-state index contributed by atoms with van der Waals surface area (Å²) in [5, 5.41) is 7.31. The van der Waals surface area contributed by atoms with Crippen LogP contribution in [-0.2, 0) is 0 Å². The predicted molar refractivity (Wildman–Crippen MR) is 213 cm³/mol. The summed E-state index contributed by atoms with van der Waals surface area (Å²) in [7, 11) is 0. The van der Waals surface area contributed by atoms with Crippen LogP contribution in [0.3, 0.4) is 0 Å². The Hall–Kier alpha value is -5.16. The summed E-state index contributed by atoms with van der Waals surface area (Å²) in [6.07, 6.45) is 10.8. The largest absolute Gasteiger partial charge is 0.457 e. The molecule has 260 valence electrons. The Balaban J connectivity index is 1.27. The first kappa shape index (κ1) is 34.3. The fourth-order valence-corrected chi connectivity index (χ4v) is 8.22. The number of nitrogens with zero attached hydrogens (tertiary/aromatic N) is 4. The SMILES string of the molecule is CCCC(C)c1c(C)c(C)c(C)c([C@H](C)CCC)c1-c1cnn(-c2cccc(Oc3ccc4c5ccccc5n(-c5cc(C)ccn5)c4c3)c2)c1. The first-order chi connectivity index (χ1) is 24.7. The van der Waals surface area contributed by atoms with Crippen molar-refractivity contribution in [3.8, 4) is 34.1 Å². The molecule has 3 aromatic heterocycles. The number of pyridine rings is 1. The van der Waals surface area contributed by atoms with E-state index in [4.69, 9.17) is 14.8 Å². The lowest BCUT2D eigenvalue weighted by Crippen LogP contribution is -2.10. The third-order valence-electron chi connectivity index (χ3n) is 10.9. The summed E-state index contributed by atoms with van der Waals surface area (Å²) < 4.78 is 10.8. The highest BCUT2D eigenvalue weighted by atomic mass is 16.5. The van der Waals surface area contributed by atoms with Gasteiger partial charge in [-0.05, 0) is 134 Å². The van der Waals surface area contributed by atoms with Crippen LogP contribution in [0.25, 0.3) is 44.4 Å². The average Bonchev–Trinajstić information content (AvgIpc) is 3.74. The number of benzene rings is 4. The van der Waals surface area contributed by atoms with Crippen molar-refractivity contribution in [2.45, 2.75) is 92.9 Å². The van der Waals surface area contributed by atoms with E-state index in [1.54, 1.807) is 0 Å². The molecule has 0 saturated heterocycles. The Morgan fingerprint density at radius 2 is 1.37 bits per heavy atom. The van der Waals surface area contributed by atoms with Crippen LogP contribution < -0.4 is 4.74 Å². The molecule has 3 heterocycles. The predicted octanol–water partition coefficient (Wildman–Crippen LogP) is 12.9. The van der Waals surface area contributed by atoms with Crippen molar-refractivity contribution in [3.05, 3.63) is 131 Å². The van der Waals surface area contributed by atoms with Gasteiger partial charge in [0.1, 0.15) is 17.3 Å². The lowest BCUT2D eigenvalue weighted by molar-refractivity contribution is 0.483. The number of fused-ring (bicyclic) bond motifs is 3. The summed E-state index contributed by atoms with van der Waals surface area (Å²) in [5.74, 6) is 3.36. The van der Waals surface area contributed by atoms with Crippen LogP contribution in [0.2, 0.25) is 0 Å². The summed E-state index contributed by atoms with van der Waals surface area (Å²) in [6, 6.07) is 27.2. The number of aryl methyl sites for hydroxylation is 1. The number of aromatic nitrogens is 4. The van der Waals surface area contributed by atoms with E-state index >= 15 is 0 Å². The number of hydrogen-bond donors (Lipinski definition) is 0. The van der Waals surface area contributed by atoms with E-state index < -0.39 is 0 Å². The Morgan fingerprint density at radius 1 is 0.686 bits per heavy atom. The molecule has 0 aliphatic heterocycles. The van der Waals surface area contributed by atoms with Crippen molar-refractivity contribution >= 4 is 21.8 Å². The molecule has 0 fully saturated rings. The quantitative estimate of drug-likeness (QED) is 0.137. The van der Waals surface area contributed by atoms with E-state index in [9.17, 15) is 0 Å². The van der Waals surface area contributed by atoms with Gasteiger partial charge in [0.2, 0.25) is 0 Å². The highest BCUT2D eigenvalue weighted by Gasteiger charge is 2.26. The molecule has 0 aliphatic carbocycles. The van der Waals surface area contributed by atoms with Gasteiger partial charge in [0.25, 0.3) is 0 Å². The van der Waals surface area contributed by atoms with Crippen molar-refractivity contribution in [1.29, 1.82) is 0 Å². The molecule has 7 aromatic rings. The Kier molecular flexibility index (Phi) is 9.56. The summed E-state index contributed by atoms with van der Waals surface area (Å²) in [4.78, 5) is 4.74. The van der Waals surface area contributed by atoms with Crippen molar-refractivity contribution in [2.24, 2.45) is 0 Å². The topological polar surface area (TPSA) is 44.9 Å². The third-order valence-corrected chi connectivity index (χ3v) is 10.9. The second-order valence-corrected chi connectivity index (χ2v) is 14.5. The van der Waals surface area contributed by atoms with Crippen molar-refractivity contribution < 1.29 is 4.74 Å².